The molecule has 0 bridgehead atoms. The summed E-state index contributed by atoms with van der Waals surface area (Å²) in [5.41, 5.74) is -0.746. The Morgan fingerprint density at radius 2 is 2.16 bits per heavy atom. The predicted molar refractivity (Wildman–Crippen MR) is 94.8 cm³/mol. The van der Waals surface area contributed by atoms with E-state index >= 15 is 0 Å². The highest BCUT2D eigenvalue weighted by Crippen LogP contribution is 2.44. The fourth-order valence-corrected chi connectivity index (χ4v) is 4.40. The van der Waals surface area contributed by atoms with Crippen molar-refractivity contribution in [2.45, 2.75) is 46.0 Å². The number of carbonyl (C=O) groups is 1. The average molecular weight is 392 g/mol. The lowest BCUT2D eigenvalue weighted by molar-refractivity contribution is 0.0977. The Bertz CT molecular complexity index is 796. The molecule has 0 radical (unpaired) electrons. The first-order chi connectivity index (χ1) is 11.4. The maximum atomic E-state index is 14.9. The lowest BCUT2D eigenvalue weighted by Crippen LogP contribution is -2.31. The predicted octanol–water partition coefficient (Wildman–Crippen LogP) is 3.63. The molecular formula is C17H23ClFNO4S. The molecule has 25 heavy (non-hydrogen) atoms. The lowest BCUT2D eigenvalue weighted by atomic mass is 9.68. The summed E-state index contributed by atoms with van der Waals surface area (Å²) in [5, 5.41) is 10.0. The number of carbonyl (C=O) groups excluding carboxylic acids is 1. The van der Waals surface area contributed by atoms with Crippen LogP contribution >= 0.6 is 11.6 Å². The standard InChI is InChI=1S/C17H23ClFNO4S/c1-10-5-4-6-17(2,8-10)9-12-14(19)11(7-13(18)15(12)21)16(22)20-25(3,23)24/h7,10,21H,4-6,8-9H2,1-3H3,(H,20,22). The van der Waals surface area contributed by atoms with E-state index in [-0.39, 0.29) is 22.4 Å². The zero-order chi connectivity index (χ0) is 19.0. The van der Waals surface area contributed by atoms with Gasteiger partial charge in [0.15, 0.2) is 0 Å². The van der Waals surface area contributed by atoms with Gasteiger partial charge in [-0.05, 0) is 36.7 Å². The van der Waals surface area contributed by atoms with Gasteiger partial charge < -0.3 is 5.11 Å². The molecule has 0 saturated heterocycles. The molecule has 1 amide bonds. The van der Waals surface area contributed by atoms with Crippen molar-refractivity contribution < 1.29 is 22.7 Å². The Labute approximate surface area is 152 Å². The summed E-state index contributed by atoms with van der Waals surface area (Å²) < 4.78 is 39.1. The van der Waals surface area contributed by atoms with Crippen molar-refractivity contribution in [3.63, 3.8) is 0 Å². The van der Waals surface area contributed by atoms with Gasteiger partial charge >= 0.3 is 0 Å². The molecule has 1 aromatic carbocycles. The zero-order valence-electron chi connectivity index (χ0n) is 14.5. The minimum atomic E-state index is -3.84. The van der Waals surface area contributed by atoms with E-state index in [0.29, 0.717) is 5.92 Å². The summed E-state index contributed by atoms with van der Waals surface area (Å²) in [6.45, 7) is 4.16. The smallest absolute Gasteiger partial charge is 0.267 e. The van der Waals surface area contributed by atoms with Crippen molar-refractivity contribution in [3.8, 4) is 5.75 Å². The molecule has 2 rings (SSSR count). The van der Waals surface area contributed by atoms with Gasteiger partial charge in [0.25, 0.3) is 5.91 Å². The highest BCUT2D eigenvalue weighted by atomic mass is 35.5. The minimum Gasteiger partial charge on any atom is -0.506 e. The number of phenols is 1. The minimum absolute atomic E-state index is 0.0391. The molecule has 8 heteroatoms. The van der Waals surface area contributed by atoms with E-state index in [0.717, 1.165) is 38.0 Å². The molecule has 1 aliphatic rings. The molecule has 0 aromatic heterocycles. The van der Waals surface area contributed by atoms with Crippen LogP contribution in [0.5, 0.6) is 5.75 Å². The van der Waals surface area contributed by atoms with E-state index in [4.69, 9.17) is 11.6 Å². The maximum Gasteiger partial charge on any atom is 0.267 e. The fourth-order valence-electron chi connectivity index (χ4n) is 3.73. The number of halogens is 2. The first-order valence-corrected chi connectivity index (χ1v) is 10.4. The molecule has 140 valence electrons. The molecule has 1 fully saturated rings. The van der Waals surface area contributed by atoms with Crippen LogP contribution in [0, 0.1) is 17.2 Å². The van der Waals surface area contributed by atoms with Gasteiger partial charge in [-0.3, -0.25) is 4.79 Å². The topological polar surface area (TPSA) is 83.5 Å². The summed E-state index contributed by atoms with van der Waals surface area (Å²) >= 11 is 5.95. The third-order valence-electron chi connectivity index (χ3n) is 4.73. The van der Waals surface area contributed by atoms with Gasteiger partial charge in [0, 0.05) is 5.56 Å². The van der Waals surface area contributed by atoms with Gasteiger partial charge in [-0.15, -0.1) is 0 Å². The number of aromatic hydroxyl groups is 1. The van der Waals surface area contributed by atoms with Crippen molar-refractivity contribution in [1.82, 2.24) is 4.72 Å². The molecule has 5 nitrogen and oxygen atoms in total. The highest BCUT2D eigenvalue weighted by Gasteiger charge is 2.34. The van der Waals surface area contributed by atoms with Crippen molar-refractivity contribution in [2.24, 2.45) is 11.3 Å². The number of amides is 1. The van der Waals surface area contributed by atoms with Crippen molar-refractivity contribution >= 4 is 27.5 Å². The fraction of sp³-hybridized carbons (Fsp3) is 0.588. The van der Waals surface area contributed by atoms with Crippen LogP contribution < -0.4 is 4.72 Å². The summed E-state index contributed by atoms with van der Waals surface area (Å²) in [5.74, 6) is -1.93. The van der Waals surface area contributed by atoms with Gasteiger partial charge in [-0.25, -0.2) is 17.5 Å². The van der Waals surface area contributed by atoms with Crippen molar-refractivity contribution in [2.75, 3.05) is 6.26 Å². The monoisotopic (exact) mass is 391 g/mol. The zero-order valence-corrected chi connectivity index (χ0v) is 16.1. The molecule has 0 aliphatic heterocycles. The van der Waals surface area contributed by atoms with Crippen LogP contribution in [0.2, 0.25) is 5.02 Å². The van der Waals surface area contributed by atoms with E-state index in [2.05, 4.69) is 6.92 Å². The SMILES string of the molecule is CC1CCCC(C)(Cc2c(O)c(Cl)cc(C(=O)NS(C)(=O)=O)c2F)C1. The second-order valence-electron chi connectivity index (χ2n) is 7.44. The summed E-state index contributed by atoms with van der Waals surface area (Å²) in [6, 6.07) is 0.946. The normalized spacial score (nSPS) is 24.1. The van der Waals surface area contributed by atoms with Gasteiger partial charge in [0.2, 0.25) is 10.0 Å². The summed E-state index contributed by atoms with van der Waals surface area (Å²) in [4.78, 5) is 12.1. The third kappa shape index (κ3) is 4.85. The summed E-state index contributed by atoms with van der Waals surface area (Å²) in [6.07, 6.45) is 4.92. The van der Waals surface area contributed by atoms with Gasteiger partial charge in [0.05, 0.1) is 16.8 Å². The number of sulfonamides is 1. The Kier molecular flexibility index (Phi) is 5.68. The first-order valence-electron chi connectivity index (χ1n) is 8.14. The van der Waals surface area contributed by atoms with Crippen LogP contribution in [0.4, 0.5) is 4.39 Å². The first kappa shape index (κ1) is 20.0. The molecule has 2 N–H and O–H groups in total. The van der Waals surface area contributed by atoms with Crippen molar-refractivity contribution in [3.05, 3.63) is 28.0 Å². The van der Waals surface area contributed by atoms with E-state index < -0.39 is 33.1 Å². The Balaban J connectivity index is 2.43. The van der Waals surface area contributed by atoms with Crippen LogP contribution in [0.15, 0.2) is 6.07 Å². The largest absolute Gasteiger partial charge is 0.506 e. The number of phenolic OH excluding ortho intramolecular Hbond substituents is 1. The number of hydrogen-bond acceptors (Lipinski definition) is 4. The number of benzene rings is 1. The van der Waals surface area contributed by atoms with Crippen LogP contribution in [0.1, 0.15) is 55.5 Å². The molecule has 0 spiro atoms. The molecule has 1 saturated carbocycles. The lowest BCUT2D eigenvalue weighted by Gasteiger charge is -2.37. The van der Waals surface area contributed by atoms with Gasteiger partial charge in [0.1, 0.15) is 11.6 Å². The van der Waals surface area contributed by atoms with Crippen LogP contribution in [0.3, 0.4) is 0 Å². The number of nitrogens with one attached hydrogen (secondary N) is 1. The van der Waals surface area contributed by atoms with Crippen LogP contribution in [0.25, 0.3) is 0 Å². The number of rotatable bonds is 4. The highest BCUT2D eigenvalue weighted by molar-refractivity contribution is 7.89. The average Bonchev–Trinajstić information content (AvgIpc) is 2.45. The maximum absolute atomic E-state index is 14.9. The summed E-state index contributed by atoms with van der Waals surface area (Å²) in [7, 11) is -3.84. The van der Waals surface area contributed by atoms with E-state index in [9.17, 15) is 22.7 Å². The van der Waals surface area contributed by atoms with E-state index in [1.807, 2.05) is 6.92 Å². The molecule has 2 unspecified atom stereocenters. The quantitative estimate of drug-likeness (QED) is 0.820. The Morgan fingerprint density at radius 1 is 1.52 bits per heavy atom. The molecule has 1 aromatic rings. The number of hydrogen-bond donors (Lipinski definition) is 2. The Hall–Kier alpha value is -1.34. The Morgan fingerprint density at radius 3 is 2.72 bits per heavy atom. The second-order valence-corrected chi connectivity index (χ2v) is 9.60. The van der Waals surface area contributed by atoms with E-state index in [1.54, 1.807) is 4.72 Å². The molecule has 1 aliphatic carbocycles. The molecule has 0 heterocycles. The van der Waals surface area contributed by atoms with Crippen molar-refractivity contribution in [1.29, 1.82) is 0 Å². The molecular weight excluding hydrogens is 369 g/mol. The second kappa shape index (κ2) is 7.11. The van der Waals surface area contributed by atoms with Gasteiger partial charge in [-0.1, -0.05) is 38.3 Å². The van der Waals surface area contributed by atoms with Gasteiger partial charge in [-0.2, -0.15) is 0 Å². The van der Waals surface area contributed by atoms with Crippen LogP contribution in [-0.4, -0.2) is 25.7 Å². The van der Waals surface area contributed by atoms with Crippen LogP contribution in [-0.2, 0) is 16.4 Å². The van der Waals surface area contributed by atoms with E-state index in [1.165, 1.54) is 0 Å². The third-order valence-corrected chi connectivity index (χ3v) is 5.57. The molecule has 2 atom stereocenters.